The lowest BCUT2D eigenvalue weighted by molar-refractivity contribution is 0.421. The molecule has 0 aliphatic carbocycles. The Balaban J connectivity index is 2.53. The minimum absolute atomic E-state index is 0.291. The average Bonchev–Trinajstić information content (AvgIpc) is 2.63. The zero-order valence-electron chi connectivity index (χ0n) is 10.5. The molecule has 2 rings (SSSR count). The van der Waals surface area contributed by atoms with Crippen molar-refractivity contribution >= 4 is 5.69 Å². The van der Waals surface area contributed by atoms with Gasteiger partial charge in [0.25, 0.3) is 0 Å². The lowest BCUT2D eigenvalue weighted by Gasteiger charge is -2.27. The fraction of sp³-hybridized carbons (Fsp3) is 0.571. The van der Waals surface area contributed by atoms with E-state index in [9.17, 15) is 5.11 Å². The van der Waals surface area contributed by atoms with E-state index in [2.05, 4.69) is 31.7 Å². The van der Waals surface area contributed by atoms with Gasteiger partial charge in [-0.25, -0.2) is 0 Å². The summed E-state index contributed by atoms with van der Waals surface area (Å²) in [5.41, 5.74) is 2.93. The van der Waals surface area contributed by atoms with Gasteiger partial charge in [-0.3, -0.25) is 0 Å². The molecule has 0 aromatic heterocycles. The van der Waals surface area contributed by atoms with Crippen LogP contribution in [0.3, 0.4) is 0 Å². The van der Waals surface area contributed by atoms with Crippen LogP contribution in [0.5, 0.6) is 5.75 Å². The molecular formula is C14H21NO. The normalized spacial score (nSPS) is 17.6. The minimum atomic E-state index is 0.291. The summed E-state index contributed by atoms with van der Waals surface area (Å²) < 4.78 is 0. The topological polar surface area (TPSA) is 23.5 Å². The van der Waals surface area contributed by atoms with Crippen LogP contribution in [0.1, 0.15) is 39.2 Å². The van der Waals surface area contributed by atoms with E-state index >= 15 is 0 Å². The first-order chi connectivity index (χ1) is 7.66. The van der Waals surface area contributed by atoms with Crippen molar-refractivity contribution < 1.29 is 5.11 Å². The maximum atomic E-state index is 9.60. The number of fused-ring (bicyclic) bond motifs is 1. The van der Waals surface area contributed by atoms with Gasteiger partial charge in [0.15, 0.2) is 0 Å². The number of rotatable bonds is 3. The van der Waals surface area contributed by atoms with E-state index in [1.54, 1.807) is 0 Å². The van der Waals surface area contributed by atoms with Crippen LogP contribution in [0.2, 0.25) is 0 Å². The van der Waals surface area contributed by atoms with Crippen molar-refractivity contribution in [2.24, 2.45) is 0 Å². The molecule has 0 atom stereocenters. The second kappa shape index (κ2) is 4.00. The molecule has 0 saturated heterocycles. The molecule has 16 heavy (non-hydrogen) atoms. The monoisotopic (exact) mass is 219 g/mol. The van der Waals surface area contributed by atoms with Gasteiger partial charge in [-0.05, 0) is 31.4 Å². The average molecular weight is 219 g/mol. The lowest BCUT2D eigenvalue weighted by Crippen LogP contribution is -2.32. The highest BCUT2D eigenvalue weighted by molar-refractivity contribution is 5.64. The lowest BCUT2D eigenvalue weighted by atomic mass is 9.78. The first kappa shape index (κ1) is 11.3. The largest absolute Gasteiger partial charge is 0.508 e. The molecule has 0 spiro atoms. The number of likely N-dealkylation sites (N-methyl/N-ethyl adjacent to an activating group) is 1. The Hall–Kier alpha value is -1.18. The van der Waals surface area contributed by atoms with Gasteiger partial charge in [0.1, 0.15) is 5.75 Å². The van der Waals surface area contributed by atoms with E-state index < -0.39 is 0 Å². The second-order valence-electron chi connectivity index (χ2n) is 4.70. The molecule has 1 aromatic carbocycles. The summed E-state index contributed by atoms with van der Waals surface area (Å²) in [4.78, 5) is 2.38. The van der Waals surface area contributed by atoms with Gasteiger partial charge in [0.2, 0.25) is 0 Å². The molecule has 2 heteroatoms. The molecule has 2 nitrogen and oxygen atoms in total. The number of aromatic hydroxyl groups is 1. The zero-order chi connectivity index (χ0) is 11.8. The second-order valence-corrected chi connectivity index (χ2v) is 4.70. The highest BCUT2D eigenvalue weighted by Gasteiger charge is 2.39. The number of hydrogen-bond acceptors (Lipinski definition) is 2. The molecule has 88 valence electrons. The number of phenolic OH excluding ortho intramolecular Hbond substituents is 1. The third kappa shape index (κ3) is 1.48. The smallest absolute Gasteiger partial charge is 0.117 e. The fourth-order valence-corrected chi connectivity index (χ4v) is 2.90. The number of phenols is 1. The molecular weight excluding hydrogens is 198 g/mol. The third-order valence-corrected chi connectivity index (χ3v) is 4.12. The SMILES string of the molecule is CCN1CC(CC)(CC)c2ccc(O)cc21. The van der Waals surface area contributed by atoms with Crippen molar-refractivity contribution in [1.82, 2.24) is 0 Å². The molecule has 0 saturated carbocycles. The van der Waals surface area contributed by atoms with E-state index in [0.29, 0.717) is 11.2 Å². The van der Waals surface area contributed by atoms with Crippen molar-refractivity contribution in [3.63, 3.8) is 0 Å². The molecule has 0 amide bonds. The van der Waals surface area contributed by atoms with Crippen molar-refractivity contribution in [3.05, 3.63) is 23.8 Å². The predicted octanol–water partition coefficient (Wildman–Crippen LogP) is 3.29. The quantitative estimate of drug-likeness (QED) is 0.843. The van der Waals surface area contributed by atoms with E-state index in [-0.39, 0.29) is 0 Å². The summed E-state index contributed by atoms with van der Waals surface area (Å²) in [7, 11) is 0. The highest BCUT2D eigenvalue weighted by atomic mass is 16.3. The molecule has 1 heterocycles. The summed E-state index contributed by atoms with van der Waals surface area (Å²) >= 11 is 0. The van der Waals surface area contributed by atoms with E-state index in [0.717, 1.165) is 25.9 Å². The van der Waals surface area contributed by atoms with Gasteiger partial charge in [-0.1, -0.05) is 19.9 Å². The van der Waals surface area contributed by atoms with E-state index in [1.165, 1.54) is 11.3 Å². The summed E-state index contributed by atoms with van der Waals surface area (Å²) in [6.07, 6.45) is 2.33. The van der Waals surface area contributed by atoms with Crippen molar-refractivity contribution in [1.29, 1.82) is 0 Å². The van der Waals surface area contributed by atoms with Crippen molar-refractivity contribution in [3.8, 4) is 5.75 Å². The Morgan fingerprint density at radius 3 is 2.50 bits per heavy atom. The fourth-order valence-electron chi connectivity index (χ4n) is 2.90. The standard InChI is InChI=1S/C14H21NO/c1-4-14(5-2)10-15(6-3)13-9-11(16)7-8-12(13)14/h7-9,16H,4-6,10H2,1-3H3. The van der Waals surface area contributed by atoms with Crippen LogP contribution in [0.25, 0.3) is 0 Å². The van der Waals surface area contributed by atoms with Crippen LogP contribution < -0.4 is 4.90 Å². The molecule has 0 fully saturated rings. The Bertz CT molecular complexity index is 382. The van der Waals surface area contributed by atoms with Gasteiger partial charge < -0.3 is 10.0 Å². The van der Waals surface area contributed by atoms with Crippen molar-refractivity contribution in [2.75, 3.05) is 18.0 Å². The predicted molar refractivity (Wildman–Crippen MR) is 68.3 cm³/mol. The molecule has 1 aromatic rings. The number of nitrogens with zero attached hydrogens (tertiary/aromatic N) is 1. The summed E-state index contributed by atoms with van der Waals surface area (Å²) in [5, 5.41) is 9.60. The Kier molecular flexibility index (Phi) is 2.83. The maximum absolute atomic E-state index is 9.60. The summed E-state index contributed by atoms with van der Waals surface area (Å²) in [6.45, 7) is 8.81. The van der Waals surface area contributed by atoms with E-state index in [1.807, 2.05) is 12.1 Å². The summed E-state index contributed by atoms with van der Waals surface area (Å²) in [6, 6.07) is 5.83. The molecule has 1 aliphatic rings. The minimum Gasteiger partial charge on any atom is -0.508 e. The van der Waals surface area contributed by atoms with Gasteiger partial charge in [-0.15, -0.1) is 0 Å². The highest BCUT2D eigenvalue weighted by Crippen LogP contribution is 2.45. The molecule has 1 aliphatic heterocycles. The Labute approximate surface area is 97.9 Å². The number of benzene rings is 1. The van der Waals surface area contributed by atoms with Gasteiger partial charge in [-0.2, -0.15) is 0 Å². The molecule has 1 N–H and O–H groups in total. The Morgan fingerprint density at radius 2 is 1.94 bits per heavy atom. The number of anilines is 1. The van der Waals surface area contributed by atoms with Gasteiger partial charge in [0, 0.05) is 30.3 Å². The van der Waals surface area contributed by atoms with Crippen LogP contribution in [0.4, 0.5) is 5.69 Å². The van der Waals surface area contributed by atoms with Gasteiger partial charge >= 0.3 is 0 Å². The van der Waals surface area contributed by atoms with Crippen molar-refractivity contribution in [2.45, 2.75) is 39.0 Å². The third-order valence-electron chi connectivity index (χ3n) is 4.12. The van der Waals surface area contributed by atoms with E-state index in [4.69, 9.17) is 0 Å². The number of hydrogen-bond donors (Lipinski definition) is 1. The van der Waals surface area contributed by atoms with Crippen LogP contribution >= 0.6 is 0 Å². The first-order valence-electron chi connectivity index (χ1n) is 6.25. The van der Waals surface area contributed by atoms with Crippen LogP contribution in [0.15, 0.2) is 18.2 Å². The molecule has 0 radical (unpaired) electrons. The summed E-state index contributed by atoms with van der Waals surface area (Å²) in [5.74, 6) is 0.375. The molecule has 0 bridgehead atoms. The van der Waals surface area contributed by atoms with Crippen LogP contribution in [-0.2, 0) is 5.41 Å². The maximum Gasteiger partial charge on any atom is 0.117 e. The van der Waals surface area contributed by atoms with Gasteiger partial charge in [0.05, 0.1) is 0 Å². The van der Waals surface area contributed by atoms with Crippen LogP contribution in [-0.4, -0.2) is 18.2 Å². The molecule has 0 unspecified atom stereocenters. The zero-order valence-corrected chi connectivity index (χ0v) is 10.5. The first-order valence-corrected chi connectivity index (χ1v) is 6.25. The Morgan fingerprint density at radius 1 is 1.25 bits per heavy atom. The van der Waals surface area contributed by atoms with Crippen LogP contribution in [0, 0.1) is 0 Å².